The molecule has 0 saturated carbocycles. The lowest BCUT2D eigenvalue weighted by molar-refractivity contribution is -0.117. The fourth-order valence-electron chi connectivity index (χ4n) is 1.66. The Labute approximate surface area is 110 Å². The van der Waals surface area contributed by atoms with E-state index in [0.29, 0.717) is 22.6 Å². The first-order valence-electron chi connectivity index (χ1n) is 5.73. The summed E-state index contributed by atoms with van der Waals surface area (Å²) in [6.45, 7) is 1.87. The van der Waals surface area contributed by atoms with E-state index >= 15 is 0 Å². The number of halogens is 1. The number of pyridine rings is 1. The monoisotopic (exact) mass is 263 g/mol. The van der Waals surface area contributed by atoms with Crippen LogP contribution >= 0.6 is 11.6 Å². The molecule has 1 aromatic carbocycles. The molecular weight excluding hydrogens is 250 g/mol. The van der Waals surface area contributed by atoms with Crippen LogP contribution in [-0.4, -0.2) is 16.9 Å². The second-order valence-corrected chi connectivity index (χ2v) is 4.41. The fraction of sp³-hybridized carbons (Fsp3) is 0.231. The first kappa shape index (κ1) is 12.8. The molecule has 0 saturated heterocycles. The minimum atomic E-state index is -0.507. The minimum absolute atomic E-state index is 0.204. The van der Waals surface area contributed by atoms with Gasteiger partial charge in [0.15, 0.2) is 0 Å². The van der Waals surface area contributed by atoms with Crippen molar-refractivity contribution >= 4 is 34.1 Å². The first-order valence-corrected chi connectivity index (χ1v) is 6.11. The predicted molar refractivity (Wildman–Crippen MR) is 73.6 cm³/mol. The van der Waals surface area contributed by atoms with Gasteiger partial charge in [-0.1, -0.05) is 18.5 Å². The molecule has 2 rings (SSSR count). The van der Waals surface area contributed by atoms with Crippen LogP contribution in [0.3, 0.4) is 0 Å². The van der Waals surface area contributed by atoms with E-state index in [2.05, 4.69) is 10.3 Å². The standard InChI is InChI=1S/C13H14ClN3O/c1-2-10(15)13(18)17-11-6-5-9(14)12-8(11)4-3-7-16-12/h3-7,10H,2,15H2,1H3,(H,17,18). The number of hydrogen-bond acceptors (Lipinski definition) is 3. The fourth-order valence-corrected chi connectivity index (χ4v) is 1.87. The van der Waals surface area contributed by atoms with E-state index in [1.807, 2.05) is 13.0 Å². The average Bonchev–Trinajstić information content (AvgIpc) is 2.41. The molecule has 0 spiro atoms. The third-order valence-electron chi connectivity index (χ3n) is 2.75. The molecule has 2 aromatic rings. The molecule has 1 unspecified atom stereocenters. The van der Waals surface area contributed by atoms with Gasteiger partial charge >= 0.3 is 0 Å². The minimum Gasteiger partial charge on any atom is -0.324 e. The van der Waals surface area contributed by atoms with E-state index in [-0.39, 0.29) is 5.91 Å². The van der Waals surface area contributed by atoms with Crippen molar-refractivity contribution in [3.8, 4) is 0 Å². The Hall–Kier alpha value is -1.65. The number of nitrogens with zero attached hydrogens (tertiary/aromatic N) is 1. The van der Waals surface area contributed by atoms with Crippen molar-refractivity contribution < 1.29 is 4.79 Å². The Bertz CT molecular complexity index is 585. The van der Waals surface area contributed by atoms with Crippen molar-refractivity contribution in [2.45, 2.75) is 19.4 Å². The second-order valence-electron chi connectivity index (χ2n) is 4.00. The molecule has 94 valence electrons. The van der Waals surface area contributed by atoms with E-state index < -0.39 is 6.04 Å². The molecule has 1 heterocycles. The number of carbonyl (C=O) groups excluding carboxylic acids is 1. The predicted octanol–water partition coefficient (Wildman–Crippen LogP) is 2.56. The number of carbonyl (C=O) groups is 1. The largest absolute Gasteiger partial charge is 0.324 e. The molecule has 0 bridgehead atoms. The van der Waals surface area contributed by atoms with Crippen LogP contribution in [-0.2, 0) is 4.79 Å². The Morgan fingerprint density at radius 2 is 2.28 bits per heavy atom. The molecule has 18 heavy (non-hydrogen) atoms. The molecule has 0 aliphatic rings. The normalized spacial score (nSPS) is 12.4. The topological polar surface area (TPSA) is 68.0 Å². The summed E-state index contributed by atoms with van der Waals surface area (Å²) in [5.74, 6) is -0.204. The number of nitrogens with one attached hydrogen (secondary N) is 1. The number of benzene rings is 1. The summed E-state index contributed by atoms with van der Waals surface area (Å²) in [4.78, 5) is 16.0. The van der Waals surface area contributed by atoms with Crippen LogP contribution in [0, 0.1) is 0 Å². The third kappa shape index (κ3) is 2.44. The van der Waals surface area contributed by atoms with Crippen LogP contribution in [0.4, 0.5) is 5.69 Å². The quantitative estimate of drug-likeness (QED) is 0.894. The van der Waals surface area contributed by atoms with Crippen LogP contribution in [0.2, 0.25) is 5.02 Å². The lowest BCUT2D eigenvalue weighted by Crippen LogP contribution is -2.34. The van der Waals surface area contributed by atoms with Crippen LogP contribution < -0.4 is 11.1 Å². The number of amides is 1. The van der Waals surface area contributed by atoms with Gasteiger partial charge in [0.25, 0.3) is 0 Å². The van der Waals surface area contributed by atoms with Gasteiger partial charge in [-0.3, -0.25) is 9.78 Å². The van der Waals surface area contributed by atoms with Gasteiger partial charge in [0.05, 0.1) is 22.3 Å². The maximum atomic E-state index is 11.8. The molecule has 5 heteroatoms. The maximum Gasteiger partial charge on any atom is 0.241 e. The van der Waals surface area contributed by atoms with Crippen LogP contribution in [0.15, 0.2) is 30.5 Å². The van der Waals surface area contributed by atoms with E-state index in [0.717, 1.165) is 5.39 Å². The third-order valence-corrected chi connectivity index (χ3v) is 3.06. The Kier molecular flexibility index (Phi) is 3.79. The van der Waals surface area contributed by atoms with Crippen molar-refractivity contribution in [3.05, 3.63) is 35.5 Å². The van der Waals surface area contributed by atoms with Gasteiger partial charge < -0.3 is 11.1 Å². The van der Waals surface area contributed by atoms with Crippen LogP contribution in [0.25, 0.3) is 10.9 Å². The van der Waals surface area contributed by atoms with Gasteiger partial charge in [-0.25, -0.2) is 0 Å². The van der Waals surface area contributed by atoms with E-state index in [9.17, 15) is 4.79 Å². The molecule has 0 aliphatic carbocycles. The molecular formula is C13H14ClN3O. The summed E-state index contributed by atoms with van der Waals surface area (Å²) in [5, 5.41) is 4.17. The summed E-state index contributed by atoms with van der Waals surface area (Å²) >= 11 is 6.06. The number of nitrogens with two attached hydrogens (primary N) is 1. The zero-order valence-electron chi connectivity index (χ0n) is 9.98. The van der Waals surface area contributed by atoms with E-state index in [4.69, 9.17) is 17.3 Å². The van der Waals surface area contributed by atoms with Crippen molar-refractivity contribution in [3.63, 3.8) is 0 Å². The van der Waals surface area contributed by atoms with Crippen molar-refractivity contribution in [2.75, 3.05) is 5.32 Å². The summed E-state index contributed by atoms with van der Waals surface area (Å²) in [7, 11) is 0. The lowest BCUT2D eigenvalue weighted by atomic mass is 10.1. The molecule has 3 N–H and O–H groups in total. The Morgan fingerprint density at radius 1 is 1.50 bits per heavy atom. The molecule has 1 aromatic heterocycles. The number of anilines is 1. The van der Waals surface area contributed by atoms with Crippen molar-refractivity contribution in [2.24, 2.45) is 5.73 Å². The van der Waals surface area contributed by atoms with Gasteiger partial charge in [-0.15, -0.1) is 0 Å². The molecule has 4 nitrogen and oxygen atoms in total. The zero-order chi connectivity index (χ0) is 13.1. The average molecular weight is 264 g/mol. The summed E-state index contributed by atoms with van der Waals surface area (Å²) in [6, 6.07) is 6.62. The molecule has 0 radical (unpaired) electrons. The van der Waals surface area contributed by atoms with Crippen LogP contribution in [0.5, 0.6) is 0 Å². The highest BCUT2D eigenvalue weighted by Crippen LogP contribution is 2.27. The van der Waals surface area contributed by atoms with Gasteiger partial charge in [0.1, 0.15) is 0 Å². The highest BCUT2D eigenvalue weighted by molar-refractivity contribution is 6.35. The highest BCUT2D eigenvalue weighted by Gasteiger charge is 2.13. The van der Waals surface area contributed by atoms with Gasteiger partial charge in [0, 0.05) is 11.6 Å². The van der Waals surface area contributed by atoms with Gasteiger partial charge in [-0.05, 0) is 30.7 Å². The molecule has 0 fully saturated rings. The number of fused-ring (bicyclic) bond motifs is 1. The lowest BCUT2D eigenvalue weighted by Gasteiger charge is -2.12. The number of rotatable bonds is 3. The first-order chi connectivity index (χ1) is 8.63. The van der Waals surface area contributed by atoms with Gasteiger partial charge in [0.2, 0.25) is 5.91 Å². The molecule has 1 amide bonds. The molecule has 1 atom stereocenters. The van der Waals surface area contributed by atoms with E-state index in [1.165, 1.54) is 0 Å². The Morgan fingerprint density at radius 3 is 3.00 bits per heavy atom. The highest BCUT2D eigenvalue weighted by atomic mass is 35.5. The van der Waals surface area contributed by atoms with Gasteiger partial charge in [-0.2, -0.15) is 0 Å². The molecule has 0 aliphatic heterocycles. The maximum absolute atomic E-state index is 11.8. The summed E-state index contributed by atoms with van der Waals surface area (Å²) < 4.78 is 0. The van der Waals surface area contributed by atoms with E-state index in [1.54, 1.807) is 24.4 Å². The number of aromatic nitrogens is 1. The second kappa shape index (κ2) is 5.33. The van der Waals surface area contributed by atoms with Crippen molar-refractivity contribution in [1.29, 1.82) is 0 Å². The Balaban J connectivity index is 2.40. The smallest absolute Gasteiger partial charge is 0.241 e. The zero-order valence-corrected chi connectivity index (χ0v) is 10.7. The summed E-state index contributed by atoms with van der Waals surface area (Å²) in [5.41, 5.74) is 7.03. The van der Waals surface area contributed by atoms with Crippen molar-refractivity contribution in [1.82, 2.24) is 4.98 Å². The summed E-state index contributed by atoms with van der Waals surface area (Å²) in [6.07, 6.45) is 2.26. The SMILES string of the molecule is CCC(N)C(=O)Nc1ccc(Cl)c2ncccc12. The van der Waals surface area contributed by atoms with Crippen LogP contribution in [0.1, 0.15) is 13.3 Å². The number of hydrogen-bond donors (Lipinski definition) is 2.